The lowest BCUT2D eigenvalue weighted by molar-refractivity contribution is 0.639. The fourth-order valence-electron chi connectivity index (χ4n) is 1.85. The van der Waals surface area contributed by atoms with Gasteiger partial charge in [-0.05, 0) is 19.5 Å². The van der Waals surface area contributed by atoms with E-state index in [0.29, 0.717) is 6.54 Å². The smallest absolute Gasteiger partial charge is 0.269 e. The first kappa shape index (κ1) is 14.3. The third-order valence-corrected chi connectivity index (χ3v) is 3.03. The van der Waals surface area contributed by atoms with Crippen LogP contribution in [0, 0.1) is 6.92 Å². The van der Waals surface area contributed by atoms with E-state index in [1.54, 1.807) is 12.3 Å². The van der Waals surface area contributed by atoms with Gasteiger partial charge in [0.1, 0.15) is 0 Å². The van der Waals surface area contributed by atoms with E-state index in [4.69, 9.17) is 0 Å². The van der Waals surface area contributed by atoms with Crippen LogP contribution >= 0.6 is 0 Å². The predicted octanol–water partition coefficient (Wildman–Crippen LogP) is 1.23. The molecule has 0 aliphatic carbocycles. The minimum atomic E-state index is -0.0972. The molecule has 1 aromatic carbocycles. The van der Waals surface area contributed by atoms with E-state index < -0.39 is 0 Å². The summed E-state index contributed by atoms with van der Waals surface area (Å²) in [5.41, 5.74) is 2.93. The second-order valence-corrected chi connectivity index (χ2v) is 4.76. The van der Waals surface area contributed by atoms with Crippen molar-refractivity contribution in [3.8, 4) is 0 Å². The van der Waals surface area contributed by atoms with Gasteiger partial charge >= 0.3 is 0 Å². The molecule has 2 N–H and O–H groups in total. The van der Waals surface area contributed by atoms with Gasteiger partial charge in [-0.3, -0.25) is 4.79 Å². The lowest BCUT2D eigenvalue weighted by Gasteiger charge is -2.08. The Kier molecular flexibility index (Phi) is 4.90. The highest BCUT2D eigenvalue weighted by Crippen LogP contribution is 2.04. The Labute approximate surface area is 118 Å². The summed E-state index contributed by atoms with van der Waals surface area (Å²) < 4.78 is 1.47. The van der Waals surface area contributed by atoms with Crippen LogP contribution < -0.4 is 16.2 Å². The summed E-state index contributed by atoms with van der Waals surface area (Å²) in [5, 5.41) is 10.4. The summed E-state index contributed by atoms with van der Waals surface area (Å²) in [6.07, 6.45) is 1.69. The van der Waals surface area contributed by atoms with E-state index in [9.17, 15) is 4.79 Å². The van der Waals surface area contributed by atoms with Crippen LogP contribution in [0.5, 0.6) is 0 Å². The number of nitrogens with zero attached hydrogens (tertiary/aromatic N) is 2. The van der Waals surface area contributed by atoms with Gasteiger partial charge in [-0.2, -0.15) is 5.10 Å². The minimum Gasteiger partial charge on any atom is -0.382 e. The summed E-state index contributed by atoms with van der Waals surface area (Å²) >= 11 is 0. The van der Waals surface area contributed by atoms with Crippen LogP contribution in [0.15, 0.2) is 41.3 Å². The maximum absolute atomic E-state index is 12.0. The molecule has 0 unspecified atom stereocenters. The molecule has 1 heterocycles. The average molecular weight is 272 g/mol. The fraction of sp³-hybridized carbons (Fsp3) is 0.333. The minimum absolute atomic E-state index is 0.0972. The highest BCUT2D eigenvalue weighted by molar-refractivity contribution is 5.38. The molecule has 0 fully saturated rings. The maximum Gasteiger partial charge on any atom is 0.269 e. The molecular formula is C15H20N4O. The zero-order valence-corrected chi connectivity index (χ0v) is 11.9. The number of aromatic nitrogens is 2. The molecule has 0 spiro atoms. The van der Waals surface area contributed by atoms with E-state index in [1.807, 2.05) is 38.2 Å². The Morgan fingerprint density at radius 3 is 2.60 bits per heavy atom. The van der Waals surface area contributed by atoms with Crippen LogP contribution in [0.3, 0.4) is 0 Å². The third-order valence-electron chi connectivity index (χ3n) is 3.03. The molecule has 106 valence electrons. The Balaban J connectivity index is 2.06. The van der Waals surface area contributed by atoms with Crippen molar-refractivity contribution in [2.45, 2.75) is 13.5 Å². The molecule has 2 aromatic rings. The van der Waals surface area contributed by atoms with E-state index >= 15 is 0 Å². The summed E-state index contributed by atoms with van der Waals surface area (Å²) in [5.74, 6) is 0. The first-order valence-corrected chi connectivity index (χ1v) is 6.70. The number of likely N-dealkylation sites (N-methyl/N-ethyl adjacent to an activating group) is 1. The van der Waals surface area contributed by atoms with Gasteiger partial charge in [0.05, 0.1) is 18.4 Å². The average Bonchev–Trinajstić information content (AvgIpc) is 2.44. The highest BCUT2D eigenvalue weighted by atomic mass is 16.1. The largest absolute Gasteiger partial charge is 0.382 e. The zero-order valence-electron chi connectivity index (χ0n) is 11.9. The van der Waals surface area contributed by atoms with Crippen LogP contribution in [0.1, 0.15) is 11.1 Å². The number of nitrogens with one attached hydrogen (secondary N) is 2. The number of aryl methyl sites for hydroxylation is 1. The first-order valence-electron chi connectivity index (χ1n) is 6.70. The molecule has 5 nitrogen and oxygen atoms in total. The Hall–Kier alpha value is -2.14. The molecule has 0 saturated heterocycles. The predicted molar refractivity (Wildman–Crippen MR) is 81.2 cm³/mol. The third kappa shape index (κ3) is 3.93. The number of rotatable bonds is 6. The van der Waals surface area contributed by atoms with Gasteiger partial charge in [-0.25, -0.2) is 4.68 Å². The number of benzene rings is 1. The van der Waals surface area contributed by atoms with Crippen LogP contribution in [-0.4, -0.2) is 29.9 Å². The normalized spacial score (nSPS) is 10.5. The standard InChI is InChI=1S/C15H20N4O/c1-12-3-5-13(6-4-12)11-19-15(20)9-14(10-18-19)17-8-7-16-2/h3-6,9-10,16-17H,7-8,11H2,1-2H3. The monoisotopic (exact) mass is 272 g/mol. The number of anilines is 1. The van der Waals surface area contributed by atoms with Gasteiger partial charge in [0, 0.05) is 19.2 Å². The van der Waals surface area contributed by atoms with Gasteiger partial charge in [0.15, 0.2) is 0 Å². The van der Waals surface area contributed by atoms with Crippen molar-refractivity contribution in [2.24, 2.45) is 0 Å². The van der Waals surface area contributed by atoms with Gasteiger partial charge in [0.25, 0.3) is 5.56 Å². The summed E-state index contributed by atoms with van der Waals surface area (Å²) in [7, 11) is 1.89. The zero-order chi connectivity index (χ0) is 14.4. The van der Waals surface area contributed by atoms with Gasteiger partial charge in [0.2, 0.25) is 0 Å². The Bertz CT molecular complexity index is 604. The summed E-state index contributed by atoms with van der Waals surface area (Å²) in [4.78, 5) is 12.0. The van der Waals surface area contributed by atoms with Crippen molar-refractivity contribution in [2.75, 3.05) is 25.5 Å². The molecular weight excluding hydrogens is 252 g/mol. The molecule has 0 aliphatic rings. The number of hydrogen-bond acceptors (Lipinski definition) is 4. The van der Waals surface area contributed by atoms with Gasteiger partial charge < -0.3 is 10.6 Å². The van der Waals surface area contributed by atoms with Crippen molar-refractivity contribution in [1.82, 2.24) is 15.1 Å². The van der Waals surface area contributed by atoms with Crippen molar-refractivity contribution >= 4 is 5.69 Å². The van der Waals surface area contributed by atoms with Crippen molar-refractivity contribution < 1.29 is 0 Å². The van der Waals surface area contributed by atoms with Crippen molar-refractivity contribution in [1.29, 1.82) is 0 Å². The number of hydrogen-bond donors (Lipinski definition) is 2. The lowest BCUT2D eigenvalue weighted by atomic mass is 10.1. The van der Waals surface area contributed by atoms with Crippen molar-refractivity contribution in [3.63, 3.8) is 0 Å². The second-order valence-electron chi connectivity index (χ2n) is 4.76. The molecule has 0 aliphatic heterocycles. The molecule has 0 atom stereocenters. The van der Waals surface area contributed by atoms with Crippen LogP contribution in [0.25, 0.3) is 0 Å². The molecule has 2 rings (SSSR count). The second kappa shape index (κ2) is 6.86. The van der Waals surface area contributed by atoms with E-state index in [1.165, 1.54) is 10.2 Å². The molecule has 0 saturated carbocycles. The fourth-order valence-corrected chi connectivity index (χ4v) is 1.85. The summed E-state index contributed by atoms with van der Waals surface area (Å²) in [6, 6.07) is 9.68. The first-order chi connectivity index (χ1) is 9.69. The lowest BCUT2D eigenvalue weighted by Crippen LogP contribution is -2.24. The molecule has 0 radical (unpaired) electrons. The van der Waals surface area contributed by atoms with E-state index in [-0.39, 0.29) is 5.56 Å². The van der Waals surface area contributed by atoms with Crippen molar-refractivity contribution in [3.05, 3.63) is 58.0 Å². The topological polar surface area (TPSA) is 59.0 Å². The molecule has 0 bridgehead atoms. The van der Waals surface area contributed by atoms with E-state index in [0.717, 1.165) is 24.3 Å². The molecule has 1 aromatic heterocycles. The maximum atomic E-state index is 12.0. The van der Waals surface area contributed by atoms with E-state index in [2.05, 4.69) is 15.7 Å². The SMILES string of the molecule is CNCCNc1cnn(Cc2ccc(C)cc2)c(=O)c1. The van der Waals surface area contributed by atoms with Gasteiger partial charge in [-0.15, -0.1) is 0 Å². The summed E-state index contributed by atoms with van der Waals surface area (Å²) in [6.45, 7) is 4.14. The Morgan fingerprint density at radius 2 is 1.95 bits per heavy atom. The molecule has 0 amide bonds. The Morgan fingerprint density at radius 1 is 1.20 bits per heavy atom. The quantitative estimate of drug-likeness (QED) is 0.777. The van der Waals surface area contributed by atoms with Gasteiger partial charge in [-0.1, -0.05) is 29.8 Å². The van der Waals surface area contributed by atoms with Crippen LogP contribution in [0.2, 0.25) is 0 Å². The van der Waals surface area contributed by atoms with Crippen LogP contribution in [0.4, 0.5) is 5.69 Å². The molecule has 20 heavy (non-hydrogen) atoms. The van der Waals surface area contributed by atoms with Crippen LogP contribution in [-0.2, 0) is 6.54 Å². The highest BCUT2D eigenvalue weighted by Gasteiger charge is 2.01. The molecule has 5 heteroatoms.